The van der Waals surface area contributed by atoms with Gasteiger partial charge in [-0.05, 0) is 57.8 Å². The average molecular weight is 260 g/mol. The van der Waals surface area contributed by atoms with Crippen LogP contribution in [0.4, 0.5) is 0 Å². The molecule has 0 saturated carbocycles. The summed E-state index contributed by atoms with van der Waals surface area (Å²) < 4.78 is 0. The van der Waals surface area contributed by atoms with Crippen molar-refractivity contribution < 1.29 is 0 Å². The number of nitrogens with one attached hydrogen (secondary N) is 1. The molecule has 1 N–H and O–H groups in total. The third-order valence-electron chi connectivity index (χ3n) is 4.60. The maximum Gasteiger partial charge on any atom is 0.0294 e. The smallest absolute Gasteiger partial charge is 0.0294 e. The Morgan fingerprint density at radius 2 is 1.79 bits per heavy atom. The third kappa shape index (κ3) is 4.05. The zero-order valence-electron chi connectivity index (χ0n) is 12.6. The van der Waals surface area contributed by atoms with Crippen LogP contribution in [0.1, 0.15) is 45.2 Å². The first-order valence-corrected chi connectivity index (χ1v) is 7.74. The molecule has 1 heterocycles. The quantitative estimate of drug-likeness (QED) is 0.872. The number of hydrogen-bond donors (Lipinski definition) is 1. The molecule has 0 amide bonds. The molecule has 0 bridgehead atoms. The summed E-state index contributed by atoms with van der Waals surface area (Å²) in [4.78, 5) is 2.56. The fourth-order valence-corrected chi connectivity index (χ4v) is 3.14. The molecular formula is C17H28N2. The molecule has 1 aliphatic rings. The van der Waals surface area contributed by atoms with Crippen molar-refractivity contribution in [3.8, 4) is 0 Å². The predicted molar refractivity (Wildman–Crippen MR) is 82.3 cm³/mol. The Bertz CT molecular complexity index is 355. The second-order valence-corrected chi connectivity index (χ2v) is 5.86. The lowest BCUT2D eigenvalue weighted by Crippen LogP contribution is -2.42. The van der Waals surface area contributed by atoms with Gasteiger partial charge in [-0.25, -0.2) is 0 Å². The molecule has 2 atom stereocenters. The van der Waals surface area contributed by atoms with Gasteiger partial charge in [0.05, 0.1) is 0 Å². The topological polar surface area (TPSA) is 15.3 Å². The van der Waals surface area contributed by atoms with Crippen LogP contribution in [0.2, 0.25) is 0 Å². The fourth-order valence-electron chi connectivity index (χ4n) is 3.14. The number of nitrogens with zero attached hydrogens (tertiary/aromatic N) is 1. The van der Waals surface area contributed by atoms with E-state index >= 15 is 0 Å². The van der Waals surface area contributed by atoms with Gasteiger partial charge in [0.15, 0.2) is 0 Å². The van der Waals surface area contributed by atoms with Gasteiger partial charge in [-0.1, -0.05) is 37.3 Å². The Labute approximate surface area is 118 Å². The van der Waals surface area contributed by atoms with Gasteiger partial charge in [-0.15, -0.1) is 0 Å². The minimum absolute atomic E-state index is 0.445. The van der Waals surface area contributed by atoms with Crippen molar-refractivity contribution in [2.24, 2.45) is 5.92 Å². The maximum atomic E-state index is 3.78. The number of likely N-dealkylation sites (tertiary alicyclic amines) is 1. The lowest BCUT2D eigenvalue weighted by Gasteiger charge is -2.35. The molecular weight excluding hydrogens is 232 g/mol. The SMILES string of the molecule is CCN1CCC(C(C)N[C@H](C)c2ccccc2)CC1. The van der Waals surface area contributed by atoms with Crippen LogP contribution < -0.4 is 5.32 Å². The van der Waals surface area contributed by atoms with Crippen LogP contribution in [0.5, 0.6) is 0 Å². The summed E-state index contributed by atoms with van der Waals surface area (Å²) in [5, 5.41) is 3.78. The Kier molecular flexibility index (Phi) is 5.41. The molecule has 1 saturated heterocycles. The molecule has 0 aromatic heterocycles. The van der Waals surface area contributed by atoms with Crippen molar-refractivity contribution in [1.29, 1.82) is 0 Å². The second-order valence-electron chi connectivity index (χ2n) is 5.86. The van der Waals surface area contributed by atoms with E-state index in [2.05, 4.69) is 61.3 Å². The van der Waals surface area contributed by atoms with E-state index in [9.17, 15) is 0 Å². The normalized spacial score (nSPS) is 21.2. The summed E-state index contributed by atoms with van der Waals surface area (Å²) in [6.07, 6.45) is 2.67. The van der Waals surface area contributed by atoms with Crippen molar-refractivity contribution in [2.75, 3.05) is 19.6 Å². The summed E-state index contributed by atoms with van der Waals surface area (Å²) in [7, 11) is 0. The van der Waals surface area contributed by atoms with E-state index in [0.29, 0.717) is 12.1 Å². The van der Waals surface area contributed by atoms with Gasteiger partial charge >= 0.3 is 0 Å². The standard InChI is InChI=1S/C17H28N2/c1-4-19-12-10-17(11-13-19)15(3)18-14(2)16-8-6-5-7-9-16/h5-9,14-15,17-18H,4,10-13H2,1-3H3/t14-,15?/m1/s1. The summed E-state index contributed by atoms with van der Waals surface area (Å²) >= 11 is 0. The monoisotopic (exact) mass is 260 g/mol. The van der Waals surface area contributed by atoms with E-state index in [1.54, 1.807) is 0 Å². The van der Waals surface area contributed by atoms with E-state index in [-0.39, 0.29) is 0 Å². The van der Waals surface area contributed by atoms with Gasteiger partial charge in [0.2, 0.25) is 0 Å². The maximum absolute atomic E-state index is 3.78. The van der Waals surface area contributed by atoms with Crippen LogP contribution in [-0.2, 0) is 0 Å². The molecule has 1 aliphatic heterocycles. The molecule has 0 radical (unpaired) electrons. The highest BCUT2D eigenvalue weighted by Gasteiger charge is 2.24. The van der Waals surface area contributed by atoms with Crippen molar-refractivity contribution >= 4 is 0 Å². The van der Waals surface area contributed by atoms with Crippen LogP contribution in [0.15, 0.2) is 30.3 Å². The highest BCUT2D eigenvalue weighted by atomic mass is 15.1. The van der Waals surface area contributed by atoms with Crippen molar-refractivity contribution in [3.05, 3.63) is 35.9 Å². The zero-order valence-corrected chi connectivity index (χ0v) is 12.6. The molecule has 2 heteroatoms. The lowest BCUT2D eigenvalue weighted by molar-refractivity contribution is 0.165. The van der Waals surface area contributed by atoms with Crippen LogP contribution in [0.3, 0.4) is 0 Å². The molecule has 0 aliphatic carbocycles. The Morgan fingerprint density at radius 3 is 2.37 bits per heavy atom. The first-order chi connectivity index (χ1) is 9.20. The summed E-state index contributed by atoms with van der Waals surface area (Å²) in [5.41, 5.74) is 1.39. The predicted octanol–water partition coefficient (Wildman–Crippen LogP) is 3.46. The molecule has 19 heavy (non-hydrogen) atoms. The zero-order chi connectivity index (χ0) is 13.7. The van der Waals surface area contributed by atoms with E-state index in [1.165, 1.54) is 38.0 Å². The molecule has 106 valence electrons. The van der Waals surface area contributed by atoms with Gasteiger partial charge < -0.3 is 10.2 Å². The van der Waals surface area contributed by atoms with Crippen LogP contribution >= 0.6 is 0 Å². The fraction of sp³-hybridized carbons (Fsp3) is 0.647. The second kappa shape index (κ2) is 7.06. The van der Waals surface area contributed by atoms with Crippen molar-refractivity contribution in [2.45, 2.75) is 45.7 Å². The summed E-state index contributed by atoms with van der Waals surface area (Å²) in [5.74, 6) is 0.828. The first-order valence-electron chi connectivity index (χ1n) is 7.74. The van der Waals surface area contributed by atoms with E-state index in [1.807, 2.05) is 0 Å². The number of hydrogen-bond acceptors (Lipinski definition) is 2. The lowest BCUT2D eigenvalue weighted by atomic mass is 9.89. The van der Waals surface area contributed by atoms with E-state index in [4.69, 9.17) is 0 Å². The minimum atomic E-state index is 0.445. The van der Waals surface area contributed by atoms with Crippen LogP contribution in [0.25, 0.3) is 0 Å². The Morgan fingerprint density at radius 1 is 1.16 bits per heavy atom. The van der Waals surface area contributed by atoms with Crippen LogP contribution in [0, 0.1) is 5.92 Å². The van der Waals surface area contributed by atoms with E-state index < -0.39 is 0 Å². The summed E-state index contributed by atoms with van der Waals surface area (Å²) in [6, 6.07) is 11.8. The van der Waals surface area contributed by atoms with Gasteiger partial charge in [-0.3, -0.25) is 0 Å². The average Bonchev–Trinajstić information content (AvgIpc) is 2.48. The van der Waals surface area contributed by atoms with Crippen molar-refractivity contribution in [3.63, 3.8) is 0 Å². The highest BCUT2D eigenvalue weighted by molar-refractivity contribution is 5.18. The molecule has 1 unspecified atom stereocenters. The molecule has 1 fully saturated rings. The van der Waals surface area contributed by atoms with Crippen LogP contribution in [-0.4, -0.2) is 30.6 Å². The van der Waals surface area contributed by atoms with Gasteiger partial charge in [-0.2, -0.15) is 0 Å². The Hall–Kier alpha value is -0.860. The molecule has 2 nitrogen and oxygen atoms in total. The van der Waals surface area contributed by atoms with Gasteiger partial charge in [0, 0.05) is 12.1 Å². The summed E-state index contributed by atoms with van der Waals surface area (Å²) in [6.45, 7) is 10.6. The van der Waals surface area contributed by atoms with Gasteiger partial charge in [0.1, 0.15) is 0 Å². The largest absolute Gasteiger partial charge is 0.307 e. The number of rotatable bonds is 5. The molecule has 1 aromatic carbocycles. The van der Waals surface area contributed by atoms with E-state index in [0.717, 1.165) is 5.92 Å². The molecule has 2 rings (SSSR count). The van der Waals surface area contributed by atoms with Gasteiger partial charge in [0.25, 0.3) is 0 Å². The van der Waals surface area contributed by atoms with Crippen molar-refractivity contribution in [1.82, 2.24) is 10.2 Å². The first kappa shape index (κ1) is 14.5. The Balaban J connectivity index is 1.83. The number of piperidine rings is 1. The number of benzene rings is 1. The highest BCUT2D eigenvalue weighted by Crippen LogP contribution is 2.22. The molecule has 0 spiro atoms. The molecule has 1 aromatic rings. The third-order valence-corrected chi connectivity index (χ3v) is 4.60. The minimum Gasteiger partial charge on any atom is -0.307 e.